The van der Waals surface area contributed by atoms with E-state index < -0.39 is 0 Å². The average Bonchev–Trinajstić information content (AvgIpc) is 2.28. The highest BCUT2D eigenvalue weighted by Gasteiger charge is 2.18. The van der Waals surface area contributed by atoms with Crippen LogP contribution in [0.1, 0.15) is 25.6 Å². The first-order valence-corrected chi connectivity index (χ1v) is 6.24. The summed E-state index contributed by atoms with van der Waals surface area (Å²) < 4.78 is 0. The van der Waals surface area contributed by atoms with Crippen molar-refractivity contribution in [1.82, 2.24) is 14.9 Å². The Labute approximate surface area is 101 Å². The predicted octanol–water partition coefficient (Wildman–Crippen LogP) is 0.975. The molecule has 2 rings (SSSR count). The van der Waals surface area contributed by atoms with Gasteiger partial charge in [0, 0.05) is 18.7 Å². The van der Waals surface area contributed by atoms with E-state index in [9.17, 15) is 4.79 Å². The number of likely N-dealkylation sites (tertiary alicyclic amines) is 1. The molecule has 0 spiro atoms. The molecule has 2 heterocycles. The Bertz CT molecular complexity index is 429. The molecule has 1 aliphatic rings. The number of aromatic nitrogens is 2. The minimum Gasteiger partial charge on any atom is -0.366 e. The third kappa shape index (κ3) is 3.30. The molecule has 1 unspecified atom stereocenters. The van der Waals surface area contributed by atoms with Crippen molar-refractivity contribution in [3.8, 4) is 0 Å². The number of nitrogens with zero attached hydrogens (tertiary/aromatic N) is 2. The maximum Gasteiger partial charge on any atom is 0.252 e. The third-order valence-corrected chi connectivity index (χ3v) is 3.16. The van der Waals surface area contributed by atoms with Gasteiger partial charge in [0.2, 0.25) is 0 Å². The van der Waals surface area contributed by atoms with Gasteiger partial charge in [-0.25, -0.2) is 4.98 Å². The zero-order valence-electron chi connectivity index (χ0n) is 10.5. The molecule has 1 aliphatic heterocycles. The van der Waals surface area contributed by atoms with E-state index in [4.69, 9.17) is 0 Å². The van der Waals surface area contributed by atoms with Crippen LogP contribution in [0.2, 0.25) is 0 Å². The van der Waals surface area contributed by atoms with Gasteiger partial charge in [-0.15, -0.1) is 0 Å². The first-order valence-electron chi connectivity index (χ1n) is 6.24. The number of hydrogen-bond acceptors (Lipinski definition) is 4. The first-order chi connectivity index (χ1) is 8.17. The number of aryl methyl sites for hydroxylation is 1. The molecule has 2 N–H and O–H groups in total. The summed E-state index contributed by atoms with van der Waals surface area (Å²) in [4.78, 5) is 20.7. The fourth-order valence-electron chi connectivity index (χ4n) is 2.32. The molecule has 0 radical (unpaired) electrons. The number of likely N-dealkylation sites (N-methyl/N-ethyl adjacent to an activating group) is 1. The lowest BCUT2D eigenvalue weighted by Crippen LogP contribution is -2.42. The van der Waals surface area contributed by atoms with Crippen molar-refractivity contribution >= 4 is 5.82 Å². The van der Waals surface area contributed by atoms with Gasteiger partial charge < -0.3 is 15.2 Å². The first kappa shape index (κ1) is 12.1. The van der Waals surface area contributed by atoms with Crippen molar-refractivity contribution in [2.24, 2.45) is 0 Å². The van der Waals surface area contributed by atoms with E-state index in [2.05, 4.69) is 27.1 Å². The van der Waals surface area contributed by atoms with E-state index in [0.29, 0.717) is 17.7 Å². The number of nitrogens with one attached hydrogen (secondary N) is 2. The highest BCUT2D eigenvalue weighted by Crippen LogP contribution is 2.13. The number of rotatable bonds is 3. The highest BCUT2D eigenvalue weighted by molar-refractivity contribution is 5.34. The van der Waals surface area contributed by atoms with Crippen LogP contribution in [0.4, 0.5) is 5.82 Å². The van der Waals surface area contributed by atoms with E-state index in [1.54, 1.807) is 6.92 Å². The van der Waals surface area contributed by atoms with E-state index >= 15 is 0 Å². The lowest BCUT2D eigenvalue weighted by molar-refractivity contribution is 0.226. The van der Waals surface area contributed by atoms with Crippen LogP contribution in [-0.4, -0.2) is 40.5 Å². The summed E-state index contributed by atoms with van der Waals surface area (Å²) in [5.74, 6) is 1.34. The van der Waals surface area contributed by atoms with E-state index in [-0.39, 0.29) is 5.56 Å². The van der Waals surface area contributed by atoms with Gasteiger partial charge >= 0.3 is 0 Å². The van der Waals surface area contributed by atoms with Crippen molar-refractivity contribution in [3.05, 3.63) is 22.2 Å². The topological polar surface area (TPSA) is 61.0 Å². The lowest BCUT2D eigenvalue weighted by Gasteiger charge is -2.32. The van der Waals surface area contributed by atoms with Gasteiger partial charge in [-0.05, 0) is 32.9 Å². The van der Waals surface area contributed by atoms with Crippen LogP contribution < -0.4 is 10.9 Å². The SMILES string of the molecule is CCN1CCCC(Nc2cc(=O)[nH]c(C)n2)C1. The number of H-pyrrole nitrogens is 1. The number of aromatic amines is 1. The summed E-state index contributed by atoms with van der Waals surface area (Å²) in [6.45, 7) is 7.27. The van der Waals surface area contributed by atoms with Crippen LogP contribution in [0, 0.1) is 6.92 Å². The molecule has 1 aromatic heterocycles. The minimum absolute atomic E-state index is 0.0943. The molecule has 0 aliphatic carbocycles. The summed E-state index contributed by atoms with van der Waals surface area (Å²) in [6, 6.07) is 1.93. The van der Waals surface area contributed by atoms with Crippen molar-refractivity contribution < 1.29 is 0 Å². The molecule has 1 fully saturated rings. The Balaban J connectivity index is 2.02. The largest absolute Gasteiger partial charge is 0.366 e. The Morgan fingerprint density at radius 3 is 3.18 bits per heavy atom. The predicted molar refractivity (Wildman–Crippen MR) is 68.4 cm³/mol. The highest BCUT2D eigenvalue weighted by atomic mass is 16.1. The fourth-order valence-corrected chi connectivity index (χ4v) is 2.32. The number of hydrogen-bond donors (Lipinski definition) is 2. The summed E-state index contributed by atoms with van der Waals surface area (Å²) >= 11 is 0. The van der Waals surface area contributed by atoms with Crippen LogP contribution in [0.15, 0.2) is 10.9 Å². The van der Waals surface area contributed by atoms with Crippen LogP contribution >= 0.6 is 0 Å². The van der Waals surface area contributed by atoms with Gasteiger partial charge in [0.1, 0.15) is 11.6 Å². The van der Waals surface area contributed by atoms with Gasteiger partial charge in [0.05, 0.1) is 0 Å². The molecule has 94 valence electrons. The van der Waals surface area contributed by atoms with Crippen molar-refractivity contribution in [2.75, 3.05) is 25.0 Å². The van der Waals surface area contributed by atoms with Gasteiger partial charge in [-0.3, -0.25) is 4.79 Å². The van der Waals surface area contributed by atoms with Gasteiger partial charge in [0.15, 0.2) is 0 Å². The molecule has 1 saturated heterocycles. The van der Waals surface area contributed by atoms with E-state index in [1.807, 2.05) is 0 Å². The molecule has 17 heavy (non-hydrogen) atoms. The molecule has 1 atom stereocenters. The Morgan fingerprint density at radius 2 is 2.47 bits per heavy atom. The number of piperidine rings is 1. The van der Waals surface area contributed by atoms with Crippen LogP contribution in [0.5, 0.6) is 0 Å². The average molecular weight is 236 g/mol. The third-order valence-electron chi connectivity index (χ3n) is 3.16. The van der Waals surface area contributed by atoms with Crippen molar-refractivity contribution in [1.29, 1.82) is 0 Å². The summed E-state index contributed by atoms with van der Waals surface area (Å²) in [7, 11) is 0. The lowest BCUT2D eigenvalue weighted by atomic mass is 10.1. The quantitative estimate of drug-likeness (QED) is 0.821. The maximum atomic E-state index is 11.3. The molecule has 5 heteroatoms. The summed E-state index contributed by atoms with van der Waals surface area (Å²) in [6.07, 6.45) is 2.34. The Kier molecular flexibility index (Phi) is 3.78. The van der Waals surface area contributed by atoms with Crippen molar-refractivity contribution in [2.45, 2.75) is 32.7 Å². The monoisotopic (exact) mass is 236 g/mol. The Hall–Kier alpha value is -1.36. The van der Waals surface area contributed by atoms with Crippen LogP contribution in [0.25, 0.3) is 0 Å². The molecular formula is C12H20N4O. The van der Waals surface area contributed by atoms with E-state index in [0.717, 1.165) is 19.5 Å². The molecular weight excluding hydrogens is 216 g/mol. The van der Waals surface area contributed by atoms with E-state index in [1.165, 1.54) is 19.0 Å². The normalized spacial score (nSPS) is 21.4. The van der Waals surface area contributed by atoms with Gasteiger partial charge in [-0.2, -0.15) is 0 Å². The molecule has 0 saturated carbocycles. The summed E-state index contributed by atoms with van der Waals surface area (Å²) in [5.41, 5.74) is -0.0943. The molecule has 0 bridgehead atoms. The smallest absolute Gasteiger partial charge is 0.252 e. The van der Waals surface area contributed by atoms with Crippen molar-refractivity contribution in [3.63, 3.8) is 0 Å². The molecule has 5 nitrogen and oxygen atoms in total. The second-order valence-corrected chi connectivity index (χ2v) is 4.59. The zero-order valence-corrected chi connectivity index (χ0v) is 10.5. The molecule has 1 aromatic rings. The second kappa shape index (κ2) is 5.31. The van der Waals surface area contributed by atoms with Crippen LogP contribution in [-0.2, 0) is 0 Å². The fraction of sp³-hybridized carbons (Fsp3) is 0.667. The molecule has 0 aromatic carbocycles. The summed E-state index contributed by atoms with van der Waals surface area (Å²) in [5, 5.41) is 3.35. The standard InChI is InChI=1S/C12H20N4O/c1-3-16-6-4-5-10(8-16)15-11-7-12(17)14-9(2)13-11/h7,10H,3-6,8H2,1-2H3,(H2,13,14,15,17). The maximum absolute atomic E-state index is 11.3. The molecule has 0 amide bonds. The second-order valence-electron chi connectivity index (χ2n) is 4.59. The number of anilines is 1. The zero-order chi connectivity index (χ0) is 12.3. The van der Waals surface area contributed by atoms with Crippen LogP contribution in [0.3, 0.4) is 0 Å². The minimum atomic E-state index is -0.0943. The van der Waals surface area contributed by atoms with Gasteiger partial charge in [-0.1, -0.05) is 6.92 Å². The van der Waals surface area contributed by atoms with Gasteiger partial charge in [0.25, 0.3) is 5.56 Å². The Morgan fingerprint density at radius 1 is 1.65 bits per heavy atom.